The van der Waals surface area contributed by atoms with E-state index in [2.05, 4.69) is 21.1 Å². The molecule has 1 N–H and O–H groups in total. The Bertz CT molecular complexity index is 377. The van der Waals surface area contributed by atoms with Crippen molar-refractivity contribution in [3.8, 4) is 0 Å². The maximum atomic E-state index is 11.6. The molecule has 0 bridgehead atoms. The number of carbonyl (C=O) groups excluding carboxylic acids is 1. The zero-order valence-electron chi connectivity index (χ0n) is 18.1. The van der Waals surface area contributed by atoms with E-state index in [-0.39, 0.29) is 5.97 Å². The van der Waals surface area contributed by atoms with Crippen molar-refractivity contribution in [1.29, 1.82) is 0 Å². The number of aliphatic carboxylic acids is 1. The molecule has 0 aromatic rings. The van der Waals surface area contributed by atoms with Gasteiger partial charge in [0.2, 0.25) is 0 Å². The van der Waals surface area contributed by atoms with Gasteiger partial charge in [0.25, 0.3) is 0 Å². The summed E-state index contributed by atoms with van der Waals surface area (Å²) in [7, 11) is 6.29. The third-order valence-corrected chi connectivity index (χ3v) is 4.80. The van der Waals surface area contributed by atoms with Crippen LogP contribution in [0.5, 0.6) is 0 Å². The van der Waals surface area contributed by atoms with Gasteiger partial charge in [-0.3, -0.25) is 9.59 Å². The van der Waals surface area contributed by atoms with Gasteiger partial charge in [-0.2, -0.15) is 0 Å². The Morgan fingerprint density at radius 3 is 1.41 bits per heavy atom. The number of rotatable bonds is 19. The molecule has 0 heterocycles. The minimum absolute atomic E-state index is 0.0496. The number of carboxylic acids is 1. The van der Waals surface area contributed by atoms with Crippen LogP contribution in [-0.2, 0) is 14.3 Å². The van der Waals surface area contributed by atoms with E-state index in [1.165, 1.54) is 57.8 Å². The summed E-state index contributed by atoms with van der Waals surface area (Å²) < 4.78 is 6.08. The molecule has 0 fully saturated rings. The number of quaternary nitrogens is 1. The van der Waals surface area contributed by atoms with Crippen molar-refractivity contribution in [2.24, 2.45) is 0 Å². The van der Waals surface area contributed by atoms with E-state index in [4.69, 9.17) is 9.84 Å². The number of carboxylic acid groups (broad SMARTS) is 1. The Hall–Kier alpha value is -1.10. The second kappa shape index (κ2) is 17.0. The molecule has 27 heavy (non-hydrogen) atoms. The monoisotopic (exact) mass is 386 g/mol. The van der Waals surface area contributed by atoms with Crippen LogP contribution in [0.3, 0.4) is 0 Å². The standard InChI is InChI=1S/C22H43NO4/c1-23(2,3)19-20-27-22(26)18-16-14-12-10-8-6-4-5-7-9-11-13-15-17-21(24)25/h4-20H2,1-3H3/p+1. The summed E-state index contributed by atoms with van der Waals surface area (Å²) in [5.74, 6) is -0.725. The lowest BCUT2D eigenvalue weighted by atomic mass is 10.0. The number of likely N-dealkylation sites (N-methyl/N-ethyl adjacent to an activating group) is 1. The normalized spacial score (nSPS) is 11.5. The van der Waals surface area contributed by atoms with Gasteiger partial charge in [0, 0.05) is 12.8 Å². The highest BCUT2D eigenvalue weighted by atomic mass is 16.5. The third-order valence-electron chi connectivity index (χ3n) is 4.80. The molecule has 0 aliphatic heterocycles. The van der Waals surface area contributed by atoms with Crippen LogP contribution in [0.15, 0.2) is 0 Å². The molecule has 0 rings (SSSR count). The van der Waals surface area contributed by atoms with Crippen LogP contribution in [0.2, 0.25) is 0 Å². The molecule has 0 saturated heterocycles. The van der Waals surface area contributed by atoms with Gasteiger partial charge in [-0.1, -0.05) is 70.6 Å². The quantitative estimate of drug-likeness (QED) is 0.189. The molecule has 0 aromatic carbocycles. The van der Waals surface area contributed by atoms with Crippen LogP contribution >= 0.6 is 0 Å². The number of unbranched alkanes of at least 4 members (excludes halogenated alkanes) is 12. The van der Waals surface area contributed by atoms with Crippen LogP contribution in [0.25, 0.3) is 0 Å². The lowest BCUT2D eigenvalue weighted by Gasteiger charge is -2.23. The minimum atomic E-state index is -0.676. The summed E-state index contributed by atoms with van der Waals surface area (Å²) >= 11 is 0. The van der Waals surface area contributed by atoms with Crippen molar-refractivity contribution in [2.75, 3.05) is 34.3 Å². The Labute approximate surface area is 167 Å². The molecule has 160 valence electrons. The third kappa shape index (κ3) is 22.9. The number of carbonyl (C=O) groups is 2. The lowest BCUT2D eigenvalue weighted by molar-refractivity contribution is -0.870. The largest absolute Gasteiger partial charge is 0.481 e. The van der Waals surface area contributed by atoms with Gasteiger partial charge in [0.15, 0.2) is 0 Å². The molecule has 0 aromatic heterocycles. The number of esters is 1. The predicted molar refractivity (Wildman–Crippen MR) is 111 cm³/mol. The smallest absolute Gasteiger partial charge is 0.305 e. The lowest BCUT2D eigenvalue weighted by Crippen LogP contribution is -2.37. The van der Waals surface area contributed by atoms with Gasteiger partial charge in [-0.15, -0.1) is 0 Å². The van der Waals surface area contributed by atoms with Crippen LogP contribution < -0.4 is 0 Å². The highest BCUT2D eigenvalue weighted by Gasteiger charge is 2.09. The van der Waals surface area contributed by atoms with Gasteiger partial charge < -0.3 is 14.3 Å². The Kier molecular flexibility index (Phi) is 16.3. The first-order valence-electron chi connectivity index (χ1n) is 11.0. The van der Waals surface area contributed by atoms with Gasteiger partial charge >= 0.3 is 11.9 Å². The van der Waals surface area contributed by atoms with Gasteiger partial charge in [-0.25, -0.2) is 0 Å². The van der Waals surface area contributed by atoms with Crippen molar-refractivity contribution in [2.45, 2.75) is 96.3 Å². The summed E-state index contributed by atoms with van der Waals surface area (Å²) in [5, 5.41) is 8.56. The number of hydrogen-bond acceptors (Lipinski definition) is 3. The summed E-state index contributed by atoms with van der Waals surface area (Å²) in [4.78, 5) is 22.0. The van der Waals surface area contributed by atoms with E-state index in [0.29, 0.717) is 19.4 Å². The average molecular weight is 387 g/mol. The van der Waals surface area contributed by atoms with E-state index in [9.17, 15) is 9.59 Å². The van der Waals surface area contributed by atoms with Crippen molar-refractivity contribution in [3.05, 3.63) is 0 Å². The van der Waals surface area contributed by atoms with Crippen molar-refractivity contribution in [3.63, 3.8) is 0 Å². The molecular formula is C22H44NO4+. The van der Waals surface area contributed by atoms with E-state index >= 15 is 0 Å². The summed E-state index contributed by atoms with van der Waals surface area (Å²) in [6.45, 7) is 1.38. The van der Waals surface area contributed by atoms with Gasteiger partial charge in [0.1, 0.15) is 13.2 Å². The van der Waals surface area contributed by atoms with E-state index in [0.717, 1.165) is 36.7 Å². The SMILES string of the molecule is C[N+](C)(C)CCOC(=O)CCCCCCCCCCCCCCCC(=O)O. The van der Waals surface area contributed by atoms with Crippen LogP contribution in [0, 0.1) is 0 Å². The molecule has 0 unspecified atom stereocenters. The second-order valence-corrected chi connectivity index (χ2v) is 8.72. The van der Waals surface area contributed by atoms with E-state index in [1.807, 2.05) is 0 Å². The summed E-state index contributed by atoms with van der Waals surface area (Å²) in [6, 6.07) is 0. The van der Waals surface area contributed by atoms with Gasteiger partial charge in [0.05, 0.1) is 21.1 Å². The number of ether oxygens (including phenoxy) is 1. The first-order chi connectivity index (χ1) is 12.8. The molecule has 0 saturated carbocycles. The maximum Gasteiger partial charge on any atom is 0.305 e. The molecule has 0 aliphatic carbocycles. The topological polar surface area (TPSA) is 63.6 Å². The Balaban J connectivity index is 3.18. The minimum Gasteiger partial charge on any atom is -0.481 e. The number of hydrogen-bond donors (Lipinski definition) is 1. The fraction of sp³-hybridized carbons (Fsp3) is 0.909. The van der Waals surface area contributed by atoms with Gasteiger partial charge in [-0.05, 0) is 12.8 Å². The zero-order chi connectivity index (χ0) is 20.4. The molecule has 5 heteroatoms. The van der Waals surface area contributed by atoms with Crippen molar-refractivity contribution >= 4 is 11.9 Å². The fourth-order valence-electron chi connectivity index (χ4n) is 3.00. The Morgan fingerprint density at radius 1 is 0.667 bits per heavy atom. The molecule has 0 atom stereocenters. The molecule has 0 aliphatic rings. The highest BCUT2D eigenvalue weighted by molar-refractivity contribution is 5.69. The first-order valence-corrected chi connectivity index (χ1v) is 11.0. The highest BCUT2D eigenvalue weighted by Crippen LogP contribution is 2.13. The fourth-order valence-corrected chi connectivity index (χ4v) is 3.00. The molecule has 5 nitrogen and oxygen atoms in total. The first kappa shape index (κ1) is 25.9. The second-order valence-electron chi connectivity index (χ2n) is 8.72. The van der Waals surface area contributed by atoms with E-state index < -0.39 is 5.97 Å². The summed E-state index contributed by atoms with van der Waals surface area (Å²) in [6.07, 6.45) is 16.2. The van der Waals surface area contributed by atoms with Crippen LogP contribution in [-0.4, -0.2) is 55.8 Å². The maximum absolute atomic E-state index is 11.6. The predicted octanol–water partition coefficient (Wildman–Crippen LogP) is 5.17. The Morgan fingerprint density at radius 2 is 1.04 bits per heavy atom. The molecule has 0 spiro atoms. The zero-order valence-corrected chi connectivity index (χ0v) is 18.1. The van der Waals surface area contributed by atoms with Crippen LogP contribution in [0.4, 0.5) is 0 Å². The van der Waals surface area contributed by atoms with Crippen molar-refractivity contribution < 1.29 is 23.9 Å². The van der Waals surface area contributed by atoms with E-state index in [1.54, 1.807) is 0 Å². The molecular weight excluding hydrogens is 342 g/mol. The average Bonchev–Trinajstić information content (AvgIpc) is 2.57. The summed E-state index contributed by atoms with van der Waals surface area (Å²) in [5.41, 5.74) is 0. The van der Waals surface area contributed by atoms with Crippen LogP contribution in [0.1, 0.15) is 96.3 Å². The molecule has 0 amide bonds. The number of nitrogens with zero attached hydrogens (tertiary/aromatic N) is 1. The van der Waals surface area contributed by atoms with Crippen molar-refractivity contribution in [1.82, 2.24) is 0 Å². The molecule has 0 radical (unpaired) electrons.